The molecule has 0 aliphatic rings. The highest BCUT2D eigenvalue weighted by atomic mass is 127. The van der Waals surface area contributed by atoms with E-state index >= 15 is 0 Å². The zero-order valence-electron chi connectivity index (χ0n) is 64.8. The number of pyridine rings is 4. The van der Waals surface area contributed by atoms with Crippen molar-refractivity contribution in [3.8, 4) is 57.9 Å². The van der Waals surface area contributed by atoms with E-state index in [9.17, 15) is 52.7 Å². The Balaban J connectivity index is -0.00000134. The second kappa shape index (κ2) is 52.1. The van der Waals surface area contributed by atoms with Gasteiger partial charge in [0.2, 0.25) is 0 Å². The molecule has 3 unspecified atom stereocenters. The second-order valence-electron chi connectivity index (χ2n) is 26.8. The number of aldehydes is 1. The molecule has 0 aliphatic heterocycles. The summed E-state index contributed by atoms with van der Waals surface area (Å²) in [6, 6.07) is 29.2. The van der Waals surface area contributed by atoms with E-state index in [1.54, 1.807) is 130 Å². The number of halogens is 4. The lowest BCUT2D eigenvalue weighted by Gasteiger charge is -2.22. The largest absolute Gasteiger partial charge is 0.467 e. The van der Waals surface area contributed by atoms with Crippen molar-refractivity contribution in [1.82, 2.24) is 34.2 Å². The van der Waals surface area contributed by atoms with Crippen molar-refractivity contribution in [3.05, 3.63) is 213 Å². The minimum Gasteiger partial charge on any atom is -0.467 e. The van der Waals surface area contributed by atoms with Crippen molar-refractivity contribution in [2.24, 2.45) is 33.9 Å². The lowest BCUT2D eigenvalue weighted by Crippen LogP contribution is -2.45. The van der Waals surface area contributed by atoms with E-state index in [-0.39, 0.29) is 81.3 Å². The van der Waals surface area contributed by atoms with E-state index in [0.717, 1.165) is 66.3 Å². The highest BCUT2D eigenvalue weighted by molar-refractivity contribution is 14.1. The number of esters is 3. The summed E-state index contributed by atoms with van der Waals surface area (Å²) in [7, 11) is 10.8. The van der Waals surface area contributed by atoms with Crippen LogP contribution in [-0.4, -0.2) is 117 Å². The Morgan fingerprint density at radius 2 is 0.821 bits per heavy atom. The molecule has 4 heterocycles. The Bertz CT molecular complexity index is 4710. The van der Waals surface area contributed by atoms with Gasteiger partial charge < -0.3 is 68.4 Å². The normalized spacial score (nSPS) is 10.7. The molecule has 112 heavy (non-hydrogen) atoms. The molecule has 0 saturated carbocycles. The Morgan fingerprint density at radius 1 is 0.473 bits per heavy atom. The van der Waals surface area contributed by atoms with Crippen LogP contribution in [0.3, 0.4) is 0 Å². The SMILES string of the molecule is C.C.C.COC(=O)C(Cc1ccc(-c2c(C)ccn(C)c2=O)cc1)NC(=O)OC(C)(C)C.COC(=O)C(Cc1ccc(-c2cn(C)c(=O)cc2C)cc1)NC(=O)OC(C)(C)C.COC(=O)C(Cc1ccc(I)cc1)NC(=O)OC(C)(C)C.Cc1cc(=O)n(C)cc1I.Cc1ccn(C)c(=O)c1I.I.NC#CC#CC#CC=O. The van der Waals surface area contributed by atoms with Crippen LogP contribution in [0.2, 0.25) is 0 Å². The van der Waals surface area contributed by atoms with E-state index in [1.807, 2.05) is 119 Å². The maximum atomic E-state index is 12.5. The number of alkyl carbamates (subject to hydrolysis) is 3. The number of amides is 3. The molecule has 7 aromatic rings. The molecule has 4 aromatic heterocycles. The maximum absolute atomic E-state index is 12.5. The van der Waals surface area contributed by atoms with Crippen LogP contribution in [0.15, 0.2) is 141 Å². The number of aryl methyl sites for hydroxylation is 8. The summed E-state index contributed by atoms with van der Waals surface area (Å²) in [4.78, 5) is 128. The van der Waals surface area contributed by atoms with Crippen LogP contribution in [0.5, 0.6) is 0 Å². The molecule has 3 atom stereocenters. The van der Waals surface area contributed by atoms with Crippen LogP contribution < -0.4 is 43.9 Å². The lowest BCUT2D eigenvalue weighted by atomic mass is 9.99. The van der Waals surface area contributed by atoms with Crippen LogP contribution in [-0.2, 0) is 95.1 Å². The minimum absolute atomic E-state index is 0. The maximum Gasteiger partial charge on any atom is 0.408 e. The average molecular weight is 2000 g/mol. The number of ether oxygens (including phenoxy) is 6. The number of nitrogens with two attached hydrogens (primary N) is 1. The predicted molar refractivity (Wildman–Crippen MR) is 477 cm³/mol. The first-order valence-electron chi connectivity index (χ1n) is 33.2. The van der Waals surface area contributed by atoms with Gasteiger partial charge in [-0.1, -0.05) is 82.9 Å². The van der Waals surface area contributed by atoms with E-state index in [0.29, 0.717) is 18.3 Å². The van der Waals surface area contributed by atoms with Crippen LogP contribution in [0.4, 0.5) is 14.4 Å². The molecule has 5 N–H and O–H groups in total. The fraction of sp³-hybridized carbons (Fsp3) is 0.386. The van der Waals surface area contributed by atoms with Crippen LogP contribution in [0.1, 0.15) is 124 Å². The summed E-state index contributed by atoms with van der Waals surface area (Å²) >= 11 is 6.47. The van der Waals surface area contributed by atoms with Crippen LogP contribution in [0.25, 0.3) is 22.3 Å². The Morgan fingerprint density at radius 3 is 1.18 bits per heavy atom. The number of aromatic nitrogens is 4. The monoisotopic (exact) mass is 2000 g/mol. The lowest BCUT2D eigenvalue weighted by molar-refractivity contribution is -0.143. The number of rotatable bonds is 14. The van der Waals surface area contributed by atoms with Gasteiger partial charge in [-0.15, -0.1) is 24.0 Å². The molecule has 0 saturated heterocycles. The summed E-state index contributed by atoms with van der Waals surface area (Å²) in [6.45, 7) is 23.4. The number of carbonyl (C=O) groups excluding carboxylic acids is 7. The van der Waals surface area contributed by atoms with Crippen molar-refractivity contribution in [2.45, 2.75) is 166 Å². The van der Waals surface area contributed by atoms with Gasteiger partial charge in [-0.25, -0.2) is 28.8 Å². The van der Waals surface area contributed by atoms with E-state index in [1.165, 1.54) is 30.5 Å². The van der Waals surface area contributed by atoms with Crippen LogP contribution >= 0.6 is 91.7 Å². The topological polar surface area (TPSA) is 325 Å². The van der Waals surface area contributed by atoms with Crippen molar-refractivity contribution in [3.63, 3.8) is 0 Å². The van der Waals surface area contributed by atoms with E-state index in [2.05, 4.69) is 119 Å². The predicted octanol–water partition coefficient (Wildman–Crippen LogP) is 13.1. The fourth-order valence-electron chi connectivity index (χ4n) is 8.95. The third-order valence-corrected chi connectivity index (χ3v) is 17.5. The molecule has 0 bridgehead atoms. The highest BCUT2D eigenvalue weighted by Crippen LogP contribution is 2.24. The first kappa shape index (κ1) is 107. The van der Waals surface area contributed by atoms with Gasteiger partial charge in [0.05, 0.1) is 30.5 Å². The van der Waals surface area contributed by atoms with Gasteiger partial charge in [-0.2, -0.15) is 0 Å². The van der Waals surface area contributed by atoms with E-state index < -0.39 is 71.1 Å². The van der Waals surface area contributed by atoms with Crippen LogP contribution in [0, 0.1) is 74.1 Å². The number of nitrogens with zero attached hydrogens (tertiary/aromatic N) is 4. The standard InChI is InChI=1S/2C22H28N2O5.C15H20INO4.2C7H8INO.C7H3NO.3CH4.HI/c1-14-11-19(25)24(5)13-17(14)16-9-7-15(8-10-16)12-18(20(26)28-6)23-21(27)29-22(2,3)4;1-14-11-12-24(5)19(25)18(14)16-9-7-15(8-10-16)13-17(20(26)28-6)23-21(27)29-22(2,3)4;1-15(2,3)21-14(19)17-12(13(18)20-4)9-10-5-7-11(16)8-6-10;1-5-3-7(10)9(2)4-6(5)8;1-5-3-4-9(2)7(10)6(5)8;8-6-4-2-1-3-5-7-9;;;;/h7-11,13,18H,12H2,1-6H3,(H,23,27);7-12,17H,13H2,1-6H3,(H,23,27);5-8,12H,9H2,1-4H3,(H,17,19);2*3-4H,1-2H3;7H,8H2;3*1H4;1H. The fourth-order valence-corrected chi connectivity index (χ4v) is 10.4. The number of hydrogen-bond acceptors (Lipinski definition) is 18. The van der Waals surface area contributed by atoms with Gasteiger partial charge in [-0.3, -0.25) is 24.0 Å². The molecule has 0 spiro atoms. The second-order valence-corrected chi connectivity index (χ2v) is 30.3. The van der Waals surface area contributed by atoms with Crippen molar-refractivity contribution >= 4 is 134 Å². The number of nitrogens with one attached hydrogen (secondary N) is 3. The third-order valence-electron chi connectivity index (χ3n) is 14.3. The summed E-state index contributed by atoms with van der Waals surface area (Å²) in [5, 5.41) is 7.67. The first-order chi connectivity index (χ1) is 50.4. The highest BCUT2D eigenvalue weighted by Gasteiger charge is 2.29. The van der Waals surface area contributed by atoms with Gasteiger partial charge >= 0.3 is 36.2 Å². The molecule has 7 rings (SSSR count). The molecular formula is C83H108I4N8O17. The first-order valence-corrected chi connectivity index (χ1v) is 36.4. The smallest absolute Gasteiger partial charge is 0.408 e. The zero-order valence-corrected chi connectivity index (χ0v) is 73.6. The number of carbonyl (C=O) groups is 7. The average Bonchev–Trinajstić information content (AvgIpc) is 0.817. The Hall–Kier alpha value is -9.25. The Labute approximate surface area is 716 Å². The number of benzene rings is 3. The molecule has 3 aromatic carbocycles. The molecule has 25 nitrogen and oxygen atoms in total. The summed E-state index contributed by atoms with van der Waals surface area (Å²) < 4.78 is 39.2. The zero-order chi connectivity index (χ0) is 82.0. The number of hydrogen-bond donors (Lipinski definition) is 4. The molecule has 0 aliphatic carbocycles. The molecule has 3 amide bonds. The molecule has 0 fully saturated rings. The van der Waals surface area contributed by atoms with Gasteiger partial charge in [-0.05, 0) is 250 Å². The summed E-state index contributed by atoms with van der Waals surface area (Å²) in [5.74, 6) is 9.56. The molecule has 29 heteroatoms. The van der Waals surface area contributed by atoms with E-state index in [4.69, 9.17) is 34.2 Å². The van der Waals surface area contributed by atoms with Gasteiger partial charge in [0.1, 0.15) is 34.9 Å². The van der Waals surface area contributed by atoms with Crippen molar-refractivity contribution in [1.29, 1.82) is 0 Å². The Kier molecular flexibility index (Phi) is 49.8. The summed E-state index contributed by atoms with van der Waals surface area (Å²) in [6.07, 6.45) is 6.45. The van der Waals surface area contributed by atoms with Crippen molar-refractivity contribution in [2.75, 3.05) is 21.3 Å². The minimum atomic E-state index is -0.882. The quantitative estimate of drug-likeness (QED) is 0.0196. The van der Waals surface area contributed by atoms with Gasteiger partial charge in [0.25, 0.3) is 22.2 Å². The molecule has 610 valence electrons. The molecular weight excluding hydrogens is 1890 g/mol. The van der Waals surface area contributed by atoms with Crippen molar-refractivity contribution < 1.29 is 62.0 Å². The summed E-state index contributed by atoms with van der Waals surface area (Å²) in [5.41, 5.74) is 12.6. The van der Waals surface area contributed by atoms with Gasteiger partial charge in [0, 0.05) is 115 Å². The molecule has 0 radical (unpaired) electrons. The van der Waals surface area contributed by atoms with Gasteiger partial charge in [0.15, 0.2) is 6.29 Å². The third kappa shape index (κ3) is 40.3. The number of methoxy groups -OCH3 is 3.